The molecule has 0 unspecified atom stereocenters. The minimum atomic E-state index is -0.886. The van der Waals surface area contributed by atoms with E-state index in [1.807, 2.05) is 0 Å². The van der Waals surface area contributed by atoms with Crippen molar-refractivity contribution in [3.8, 4) is 0 Å². The van der Waals surface area contributed by atoms with Crippen LogP contribution in [-0.4, -0.2) is 23.0 Å². The van der Waals surface area contributed by atoms with E-state index < -0.39 is 11.8 Å². The van der Waals surface area contributed by atoms with Crippen molar-refractivity contribution in [1.29, 1.82) is 0 Å². The number of nitrogens with one attached hydrogen (secondary N) is 2. The topological polar surface area (TPSA) is 83.5 Å². The average molecular weight is 351 g/mol. The fraction of sp³-hybridized carbons (Fsp3) is 0.0667. The molecule has 0 aliphatic rings. The minimum Gasteiger partial charge on any atom is -0.344 e. The summed E-state index contributed by atoms with van der Waals surface area (Å²) >= 11 is 11.8. The molecular weight excluding hydrogens is 339 g/mol. The zero-order chi connectivity index (χ0) is 16.7. The maximum atomic E-state index is 11.6. The monoisotopic (exact) mass is 350 g/mol. The smallest absolute Gasteiger partial charge is 0.329 e. The lowest BCUT2D eigenvalue weighted by atomic mass is 10.2. The highest BCUT2D eigenvalue weighted by Crippen LogP contribution is 2.23. The molecule has 2 amide bonds. The van der Waals surface area contributed by atoms with Gasteiger partial charge in [-0.3, -0.25) is 14.6 Å². The number of hydrogen-bond acceptors (Lipinski definition) is 4. The molecule has 118 valence electrons. The van der Waals surface area contributed by atoms with Gasteiger partial charge in [0.05, 0.1) is 16.3 Å². The number of halogens is 2. The molecule has 1 aromatic carbocycles. The second kappa shape index (κ2) is 8.26. The van der Waals surface area contributed by atoms with Crippen LogP contribution in [0.25, 0.3) is 0 Å². The summed E-state index contributed by atoms with van der Waals surface area (Å²) in [5, 5.41) is 6.82. The first-order valence-electron chi connectivity index (χ1n) is 6.52. The number of rotatable bonds is 4. The summed E-state index contributed by atoms with van der Waals surface area (Å²) in [6.45, 7) is 0.198. The number of carbonyl (C=O) groups excluding carboxylic acids is 2. The van der Waals surface area contributed by atoms with Gasteiger partial charge in [-0.15, -0.1) is 0 Å². The van der Waals surface area contributed by atoms with Crippen molar-refractivity contribution in [2.45, 2.75) is 6.54 Å². The van der Waals surface area contributed by atoms with Crippen LogP contribution >= 0.6 is 23.2 Å². The molecule has 0 atom stereocenters. The van der Waals surface area contributed by atoms with E-state index in [1.54, 1.807) is 42.7 Å². The summed E-state index contributed by atoms with van der Waals surface area (Å²) in [5.41, 5.74) is 3.42. The van der Waals surface area contributed by atoms with Gasteiger partial charge in [0.1, 0.15) is 0 Å². The van der Waals surface area contributed by atoms with E-state index in [-0.39, 0.29) is 6.54 Å². The van der Waals surface area contributed by atoms with Crippen molar-refractivity contribution in [3.05, 3.63) is 63.9 Å². The minimum absolute atomic E-state index is 0.198. The first-order chi connectivity index (χ1) is 11.1. The molecule has 2 aromatic rings. The van der Waals surface area contributed by atoms with Gasteiger partial charge in [-0.05, 0) is 17.7 Å². The molecule has 2 N–H and O–H groups in total. The van der Waals surface area contributed by atoms with Crippen LogP contribution < -0.4 is 10.7 Å². The van der Waals surface area contributed by atoms with Gasteiger partial charge in [-0.1, -0.05) is 41.4 Å². The summed E-state index contributed by atoms with van der Waals surface area (Å²) < 4.78 is 0. The predicted octanol–water partition coefficient (Wildman–Crippen LogP) is 2.15. The van der Waals surface area contributed by atoms with Crippen molar-refractivity contribution >= 4 is 41.2 Å². The van der Waals surface area contributed by atoms with Crippen molar-refractivity contribution in [2.75, 3.05) is 0 Å². The molecule has 0 saturated carbocycles. The van der Waals surface area contributed by atoms with Gasteiger partial charge in [0.2, 0.25) is 0 Å². The molecule has 0 saturated heterocycles. The molecule has 0 spiro atoms. The summed E-state index contributed by atoms with van der Waals surface area (Å²) in [6.07, 6.45) is 4.52. The fourth-order valence-electron chi connectivity index (χ4n) is 1.60. The lowest BCUT2D eigenvalue weighted by Crippen LogP contribution is -2.37. The van der Waals surface area contributed by atoms with Gasteiger partial charge in [-0.2, -0.15) is 5.10 Å². The quantitative estimate of drug-likeness (QED) is 0.503. The van der Waals surface area contributed by atoms with Crippen LogP contribution in [0.5, 0.6) is 0 Å². The highest BCUT2D eigenvalue weighted by Gasteiger charge is 2.12. The molecule has 23 heavy (non-hydrogen) atoms. The number of aromatic nitrogens is 1. The Kier molecular flexibility index (Phi) is 6.08. The summed E-state index contributed by atoms with van der Waals surface area (Å²) in [6, 6.07) is 8.51. The Hall–Kier alpha value is -2.44. The molecule has 0 radical (unpaired) electrons. The predicted molar refractivity (Wildman–Crippen MR) is 88.3 cm³/mol. The zero-order valence-corrected chi connectivity index (χ0v) is 13.3. The molecule has 1 heterocycles. The van der Waals surface area contributed by atoms with Crippen LogP contribution in [0.4, 0.5) is 0 Å². The van der Waals surface area contributed by atoms with E-state index in [4.69, 9.17) is 23.2 Å². The molecule has 2 rings (SSSR count). The first kappa shape index (κ1) is 16.9. The van der Waals surface area contributed by atoms with Crippen LogP contribution in [0.15, 0.2) is 47.8 Å². The number of pyridine rings is 1. The number of carbonyl (C=O) groups is 2. The average Bonchev–Trinajstić information content (AvgIpc) is 2.57. The number of nitrogens with zero attached hydrogens (tertiary/aromatic N) is 2. The van der Waals surface area contributed by atoms with Crippen LogP contribution in [0.1, 0.15) is 11.1 Å². The number of hydrogen-bond donors (Lipinski definition) is 2. The van der Waals surface area contributed by atoms with E-state index in [2.05, 4.69) is 20.8 Å². The Balaban J connectivity index is 1.85. The maximum Gasteiger partial charge on any atom is 0.329 e. The van der Waals surface area contributed by atoms with Crippen molar-refractivity contribution < 1.29 is 9.59 Å². The zero-order valence-electron chi connectivity index (χ0n) is 11.8. The third-order valence-electron chi connectivity index (χ3n) is 2.73. The molecule has 0 aliphatic carbocycles. The highest BCUT2D eigenvalue weighted by atomic mass is 35.5. The van der Waals surface area contributed by atoms with Gasteiger partial charge >= 0.3 is 11.8 Å². The second-order valence-electron chi connectivity index (χ2n) is 4.39. The summed E-state index contributed by atoms with van der Waals surface area (Å²) in [4.78, 5) is 27.1. The van der Waals surface area contributed by atoms with E-state index in [9.17, 15) is 9.59 Å². The lowest BCUT2D eigenvalue weighted by molar-refractivity contribution is -0.139. The number of hydrazone groups is 1. The molecule has 0 aliphatic heterocycles. The van der Waals surface area contributed by atoms with Gasteiger partial charge in [0.15, 0.2) is 0 Å². The molecule has 1 aromatic heterocycles. The molecule has 8 heteroatoms. The van der Waals surface area contributed by atoms with Gasteiger partial charge in [-0.25, -0.2) is 5.43 Å². The second-order valence-corrected chi connectivity index (χ2v) is 5.17. The van der Waals surface area contributed by atoms with E-state index in [1.165, 1.54) is 6.21 Å². The Morgan fingerprint density at radius 3 is 2.74 bits per heavy atom. The third-order valence-corrected chi connectivity index (χ3v) is 3.57. The Labute approximate surface area is 142 Å². The lowest BCUT2D eigenvalue weighted by Gasteiger charge is -2.03. The van der Waals surface area contributed by atoms with Crippen LogP contribution in [0.2, 0.25) is 10.0 Å². The largest absolute Gasteiger partial charge is 0.344 e. The first-order valence-corrected chi connectivity index (χ1v) is 7.27. The van der Waals surface area contributed by atoms with E-state index in [0.717, 1.165) is 5.56 Å². The summed E-state index contributed by atoms with van der Waals surface area (Å²) in [5.74, 6) is -1.69. The number of amides is 2. The molecule has 6 nitrogen and oxygen atoms in total. The van der Waals surface area contributed by atoms with Gasteiger partial charge in [0, 0.05) is 24.5 Å². The summed E-state index contributed by atoms with van der Waals surface area (Å²) in [7, 11) is 0. The Morgan fingerprint density at radius 2 is 2.00 bits per heavy atom. The third kappa shape index (κ3) is 5.05. The highest BCUT2D eigenvalue weighted by molar-refractivity contribution is 6.43. The Bertz CT molecular complexity index is 736. The van der Waals surface area contributed by atoms with E-state index in [0.29, 0.717) is 15.6 Å². The van der Waals surface area contributed by atoms with Crippen LogP contribution in [0.3, 0.4) is 0 Å². The van der Waals surface area contributed by atoms with Gasteiger partial charge in [0.25, 0.3) is 0 Å². The fourth-order valence-corrected chi connectivity index (χ4v) is 1.95. The van der Waals surface area contributed by atoms with Crippen LogP contribution in [0, 0.1) is 0 Å². The molecule has 0 bridgehead atoms. The van der Waals surface area contributed by atoms with Crippen molar-refractivity contribution in [2.24, 2.45) is 5.10 Å². The SMILES string of the molecule is O=C(NCc1cccnc1)C(=O)N/N=C\c1cccc(Cl)c1Cl. The van der Waals surface area contributed by atoms with Crippen molar-refractivity contribution in [1.82, 2.24) is 15.7 Å². The molecular formula is C15H12Cl2N4O2. The normalized spacial score (nSPS) is 10.5. The number of benzene rings is 1. The standard InChI is InChI=1S/C15H12Cl2N4O2/c16-12-5-1-4-11(13(12)17)9-20-21-15(23)14(22)19-8-10-3-2-6-18-7-10/h1-7,9H,8H2,(H,19,22)(H,21,23)/b20-9-. The maximum absolute atomic E-state index is 11.6. The van der Waals surface area contributed by atoms with E-state index >= 15 is 0 Å². The van der Waals surface area contributed by atoms with Crippen molar-refractivity contribution in [3.63, 3.8) is 0 Å². The van der Waals surface area contributed by atoms with Gasteiger partial charge < -0.3 is 5.32 Å². The molecule has 0 fully saturated rings. The van der Waals surface area contributed by atoms with Crippen LogP contribution in [-0.2, 0) is 16.1 Å². The Morgan fingerprint density at radius 1 is 1.17 bits per heavy atom.